The van der Waals surface area contributed by atoms with Crippen LogP contribution in [0.25, 0.3) is 0 Å². The van der Waals surface area contributed by atoms with Crippen molar-refractivity contribution < 1.29 is 9.90 Å². The monoisotopic (exact) mass is 249 g/mol. The van der Waals surface area contributed by atoms with E-state index in [2.05, 4.69) is 36.5 Å². The highest BCUT2D eigenvalue weighted by Gasteiger charge is 2.13. The van der Waals surface area contributed by atoms with Crippen LogP contribution in [0.4, 0.5) is 0 Å². The molecule has 0 aliphatic rings. The molecule has 0 atom stereocenters. The van der Waals surface area contributed by atoms with Crippen molar-refractivity contribution in [3.63, 3.8) is 0 Å². The summed E-state index contributed by atoms with van der Waals surface area (Å²) in [4.78, 5) is 11.5. The number of carbonyl (C=O) groups is 1. The molecule has 0 aliphatic heterocycles. The minimum absolute atomic E-state index is 0.00392. The third-order valence-electron chi connectivity index (χ3n) is 2.71. The normalized spacial score (nSPS) is 11.3. The van der Waals surface area contributed by atoms with Gasteiger partial charge in [0.2, 0.25) is 5.91 Å². The zero-order chi connectivity index (χ0) is 13.6. The molecule has 0 aliphatic carbocycles. The Kier molecular flexibility index (Phi) is 5.35. The van der Waals surface area contributed by atoms with Gasteiger partial charge in [-0.3, -0.25) is 4.79 Å². The number of nitrogens with one attached hydrogen (secondary N) is 1. The molecule has 3 heteroatoms. The molecule has 1 rings (SSSR count). The number of hydrogen-bond donors (Lipinski definition) is 2. The van der Waals surface area contributed by atoms with Gasteiger partial charge in [0.25, 0.3) is 0 Å². The van der Waals surface area contributed by atoms with Crippen molar-refractivity contribution >= 4 is 5.91 Å². The first-order chi connectivity index (χ1) is 8.37. The number of aryl methyl sites for hydroxylation is 2. The lowest BCUT2D eigenvalue weighted by Crippen LogP contribution is -2.38. The van der Waals surface area contributed by atoms with E-state index in [1.807, 2.05) is 0 Å². The Bertz CT molecular complexity index is 376. The fourth-order valence-electron chi connectivity index (χ4n) is 1.61. The highest BCUT2D eigenvalue weighted by Crippen LogP contribution is 2.07. The van der Waals surface area contributed by atoms with E-state index in [1.54, 1.807) is 13.8 Å². The van der Waals surface area contributed by atoms with Crippen LogP contribution in [0.15, 0.2) is 24.3 Å². The number of hydrogen-bond acceptors (Lipinski definition) is 2. The number of benzene rings is 1. The maximum atomic E-state index is 11.5. The zero-order valence-corrected chi connectivity index (χ0v) is 11.5. The summed E-state index contributed by atoms with van der Waals surface area (Å²) in [7, 11) is 0. The van der Waals surface area contributed by atoms with Gasteiger partial charge in [0.05, 0.1) is 5.60 Å². The van der Waals surface area contributed by atoms with Gasteiger partial charge < -0.3 is 10.4 Å². The Morgan fingerprint density at radius 2 is 1.89 bits per heavy atom. The van der Waals surface area contributed by atoms with Crippen molar-refractivity contribution in [2.24, 2.45) is 0 Å². The Hall–Kier alpha value is -1.35. The number of aliphatic hydroxyl groups is 1. The molecule has 100 valence electrons. The van der Waals surface area contributed by atoms with E-state index < -0.39 is 5.60 Å². The summed E-state index contributed by atoms with van der Waals surface area (Å²) in [6.45, 7) is 5.73. The molecule has 0 heterocycles. The fraction of sp³-hybridized carbons (Fsp3) is 0.533. The lowest BCUT2D eigenvalue weighted by Gasteiger charge is -2.17. The van der Waals surface area contributed by atoms with E-state index in [4.69, 9.17) is 0 Å². The molecule has 0 saturated heterocycles. The molecule has 0 radical (unpaired) electrons. The molecule has 0 spiro atoms. The molecule has 0 saturated carbocycles. The molecule has 0 fully saturated rings. The van der Waals surface area contributed by atoms with E-state index >= 15 is 0 Å². The van der Waals surface area contributed by atoms with Gasteiger partial charge in [0, 0.05) is 13.0 Å². The van der Waals surface area contributed by atoms with Crippen LogP contribution in [0.1, 0.15) is 37.8 Å². The Balaban J connectivity index is 2.21. The summed E-state index contributed by atoms with van der Waals surface area (Å²) in [5.74, 6) is 0.00392. The predicted octanol–water partition coefficient (Wildman–Crippen LogP) is 2.20. The second-order valence-corrected chi connectivity index (χ2v) is 5.43. The molecule has 0 bridgehead atoms. The summed E-state index contributed by atoms with van der Waals surface area (Å²) in [6, 6.07) is 8.38. The van der Waals surface area contributed by atoms with E-state index in [0.717, 1.165) is 12.8 Å². The second kappa shape index (κ2) is 6.55. The minimum atomic E-state index is -0.841. The third-order valence-corrected chi connectivity index (χ3v) is 2.71. The van der Waals surface area contributed by atoms with Gasteiger partial charge in [-0.25, -0.2) is 0 Å². The van der Waals surface area contributed by atoms with Crippen molar-refractivity contribution in [2.75, 3.05) is 6.54 Å². The highest BCUT2D eigenvalue weighted by molar-refractivity contribution is 5.75. The molecular weight excluding hydrogens is 226 g/mol. The van der Waals surface area contributed by atoms with Crippen LogP contribution in [0.2, 0.25) is 0 Å². The number of rotatable bonds is 6. The van der Waals surface area contributed by atoms with Gasteiger partial charge in [-0.05, 0) is 39.2 Å². The fourth-order valence-corrected chi connectivity index (χ4v) is 1.61. The summed E-state index contributed by atoms with van der Waals surface area (Å²) in [6.07, 6.45) is 2.25. The minimum Gasteiger partial charge on any atom is -0.389 e. The zero-order valence-electron chi connectivity index (χ0n) is 11.5. The van der Waals surface area contributed by atoms with Gasteiger partial charge in [-0.15, -0.1) is 0 Å². The first-order valence-electron chi connectivity index (χ1n) is 6.41. The van der Waals surface area contributed by atoms with Crippen molar-refractivity contribution in [1.82, 2.24) is 5.32 Å². The van der Waals surface area contributed by atoms with Gasteiger partial charge in [0.15, 0.2) is 0 Å². The van der Waals surface area contributed by atoms with Gasteiger partial charge in [0.1, 0.15) is 0 Å². The molecule has 0 aromatic heterocycles. The summed E-state index contributed by atoms with van der Waals surface area (Å²) in [5.41, 5.74) is 1.67. The summed E-state index contributed by atoms with van der Waals surface area (Å²) < 4.78 is 0. The van der Waals surface area contributed by atoms with Crippen molar-refractivity contribution in [3.05, 3.63) is 35.4 Å². The molecule has 0 unspecified atom stereocenters. The maximum absolute atomic E-state index is 11.5. The predicted molar refractivity (Wildman–Crippen MR) is 73.4 cm³/mol. The third kappa shape index (κ3) is 6.40. The average molecular weight is 249 g/mol. The molecule has 2 N–H and O–H groups in total. The Morgan fingerprint density at radius 3 is 2.44 bits per heavy atom. The van der Waals surface area contributed by atoms with Crippen LogP contribution >= 0.6 is 0 Å². The highest BCUT2D eigenvalue weighted by atomic mass is 16.3. The number of amides is 1. The molecule has 3 nitrogen and oxygen atoms in total. The lowest BCUT2D eigenvalue weighted by atomic mass is 10.1. The van der Waals surface area contributed by atoms with Crippen LogP contribution in [0, 0.1) is 6.92 Å². The van der Waals surface area contributed by atoms with Gasteiger partial charge in [-0.1, -0.05) is 29.8 Å². The second-order valence-electron chi connectivity index (χ2n) is 5.43. The van der Waals surface area contributed by atoms with Crippen LogP contribution in [0.3, 0.4) is 0 Å². The quantitative estimate of drug-likeness (QED) is 0.812. The Morgan fingerprint density at radius 1 is 1.28 bits per heavy atom. The molecule has 1 aromatic rings. The summed E-state index contributed by atoms with van der Waals surface area (Å²) in [5, 5.41) is 12.2. The SMILES string of the molecule is Cc1ccc(CCCC(=O)NCC(C)(C)O)cc1. The van der Waals surface area contributed by atoms with Crippen molar-refractivity contribution in [2.45, 2.75) is 45.6 Å². The van der Waals surface area contributed by atoms with Crippen LogP contribution in [-0.2, 0) is 11.2 Å². The first-order valence-corrected chi connectivity index (χ1v) is 6.41. The van der Waals surface area contributed by atoms with E-state index in [0.29, 0.717) is 13.0 Å². The largest absolute Gasteiger partial charge is 0.389 e. The molecule has 18 heavy (non-hydrogen) atoms. The van der Waals surface area contributed by atoms with Crippen LogP contribution in [0.5, 0.6) is 0 Å². The molecule has 1 amide bonds. The van der Waals surface area contributed by atoms with Gasteiger partial charge in [-0.2, -0.15) is 0 Å². The smallest absolute Gasteiger partial charge is 0.220 e. The Labute approximate surface area is 109 Å². The van der Waals surface area contributed by atoms with E-state index in [-0.39, 0.29) is 5.91 Å². The summed E-state index contributed by atoms with van der Waals surface area (Å²) >= 11 is 0. The van der Waals surface area contributed by atoms with E-state index in [1.165, 1.54) is 11.1 Å². The topological polar surface area (TPSA) is 49.3 Å². The van der Waals surface area contributed by atoms with Gasteiger partial charge >= 0.3 is 0 Å². The van der Waals surface area contributed by atoms with Crippen molar-refractivity contribution in [1.29, 1.82) is 0 Å². The van der Waals surface area contributed by atoms with Crippen molar-refractivity contribution in [3.8, 4) is 0 Å². The molecular formula is C15H23NO2. The lowest BCUT2D eigenvalue weighted by molar-refractivity contribution is -0.122. The van der Waals surface area contributed by atoms with Crippen LogP contribution < -0.4 is 5.32 Å². The molecule has 1 aromatic carbocycles. The standard InChI is InChI=1S/C15H23NO2/c1-12-7-9-13(10-8-12)5-4-6-14(17)16-11-15(2,3)18/h7-10,18H,4-6,11H2,1-3H3,(H,16,17). The maximum Gasteiger partial charge on any atom is 0.220 e. The van der Waals surface area contributed by atoms with E-state index in [9.17, 15) is 9.90 Å². The first kappa shape index (κ1) is 14.7. The number of carbonyl (C=O) groups excluding carboxylic acids is 1. The van der Waals surface area contributed by atoms with Crippen LogP contribution in [-0.4, -0.2) is 23.2 Å². The average Bonchev–Trinajstić information content (AvgIpc) is 2.28.